The summed E-state index contributed by atoms with van der Waals surface area (Å²) in [5.41, 5.74) is 0.618. The number of carbonyl (C=O) groups is 1. The molecule has 6 heteroatoms. The molecule has 0 radical (unpaired) electrons. The molecule has 1 heterocycles. The second kappa shape index (κ2) is 5.31. The third-order valence-corrected chi connectivity index (χ3v) is 2.61. The number of phenolic OH excluding ortho intramolecular Hbond substituents is 1. The third kappa shape index (κ3) is 2.85. The highest BCUT2D eigenvalue weighted by Gasteiger charge is 2.13. The number of likely N-dealkylation sites (N-methyl/N-ethyl adjacent to an activating group) is 1. The van der Waals surface area contributed by atoms with E-state index in [1.807, 2.05) is 0 Å². The molecule has 1 aromatic heterocycles. The van der Waals surface area contributed by atoms with Crippen LogP contribution in [-0.2, 0) is 17.8 Å². The molecule has 0 aliphatic carbocycles. The maximum absolute atomic E-state index is 11.9. The van der Waals surface area contributed by atoms with Gasteiger partial charge in [0.2, 0.25) is 5.91 Å². The Bertz CT molecular complexity index is 525. The van der Waals surface area contributed by atoms with Gasteiger partial charge in [0.1, 0.15) is 17.9 Å². The zero-order valence-corrected chi connectivity index (χ0v) is 10.00. The molecule has 94 valence electrons. The number of para-hydroxylation sites is 1. The minimum absolute atomic E-state index is 0.0899. The van der Waals surface area contributed by atoms with Crippen LogP contribution in [0.4, 0.5) is 0 Å². The molecule has 0 atom stereocenters. The number of amides is 1. The topological polar surface area (TPSA) is 82.1 Å². The van der Waals surface area contributed by atoms with Crippen molar-refractivity contribution >= 4 is 5.91 Å². The van der Waals surface area contributed by atoms with Gasteiger partial charge in [0.25, 0.3) is 0 Å². The van der Waals surface area contributed by atoms with E-state index in [0.717, 1.165) is 0 Å². The van der Waals surface area contributed by atoms with E-state index in [1.165, 1.54) is 11.2 Å². The normalized spacial score (nSPS) is 10.3. The number of carbonyl (C=O) groups excluding carboxylic acids is 1. The van der Waals surface area contributed by atoms with E-state index >= 15 is 0 Å². The molecule has 0 saturated heterocycles. The fourth-order valence-corrected chi connectivity index (χ4v) is 1.58. The molecular formula is C12H14N4O2. The molecule has 0 spiro atoms. The van der Waals surface area contributed by atoms with E-state index in [9.17, 15) is 9.90 Å². The first-order valence-corrected chi connectivity index (χ1v) is 5.52. The molecule has 2 rings (SSSR count). The quantitative estimate of drug-likeness (QED) is 0.832. The molecule has 6 nitrogen and oxygen atoms in total. The lowest BCUT2D eigenvalue weighted by Gasteiger charge is -2.15. The molecule has 0 fully saturated rings. The van der Waals surface area contributed by atoms with E-state index in [0.29, 0.717) is 17.9 Å². The van der Waals surface area contributed by atoms with Gasteiger partial charge in [0.05, 0.1) is 13.0 Å². The molecule has 0 aliphatic rings. The number of phenols is 1. The summed E-state index contributed by atoms with van der Waals surface area (Å²) in [6, 6.07) is 6.81. The number of nitrogens with one attached hydrogen (secondary N) is 1. The van der Waals surface area contributed by atoms with Crippen LogP contribution in [0.15, 0.2) is 30.6 Å². The minimum Gasteiger partial charge on any atom is -0.508 e. The first kappa shape index (κ1) is 12.1. The first-order valence-electron chi connectivity index (χ1n) is 5.52. The van der Waals surface area contributed by atoms with Crippen LogP contribution < -0.4 is 0 Å². The number of hydrogen-bond acceptors (Lipinski definition) is 4. The van der Waals surface area contributed by atoms with Gasteiger partial charge in [-0.25, -0.2) is 4.98 Å². The number of hydrogen-bond donors (Lipinski definition) is 2. The Morgan fingerprint density at radius 3 is 2.89 bits per heavy atom. The lowest BCUT2D eigenvalue weighted by Crippen LogP contribution is -2.28. The third-order valence-electron chi connectivity index (χ3n) is 2.61. The lowest BCUT2D eigenvalue weighted by molar-refractivity contribution is -0.129. The predicted molar refractivity (Wildman–Crippen MR) is 64.7 cm³/mol. The van der Waals surface area contributed by atoms with Crippen molar-refractivity contribution in [2.24, 2.45) is 0 Å². The van der Waals surface area contributed by atoms with Crippen molar-refractivity contribution in [2.75, 3.05) is 7.05 Å². The van der Waals surface area contributed by atoms with Crippen molar-refractivity contribution in [1.82, 2.24) is 20.1 Å². The van der Waals surface area contributed by atoms with Crippen LogP contribution in [0.3, 0.4) is 0 Å². The largest absolute Gasteiger partial charge is 0.508 e. The SMILES string of the molecule is CN(Cc1ncn[nH]1)C(=O)Cc1ccccc1O. The summed E-state index contributed by atoms with van der Waals surface area (Å²) in [6.45, 7) is 0.367. The van der Waals surface area contributed by atoms with E-state index in [2.05, 4.69) is 15.2 Å². The number of benzene rings is 1. The Hall–Kier alpha value is -2.37. The lowest BCUT2D eigenvalue weighted by atomic mass is 10.1. The zero-order valence-electron chi connectivity index (χ0n) is 10.00. The smallest absolute Gasteiger partial charge is 0.227 e. The molecule has 1 amide bonds. The summed E-state index contributed by atoms with van der Waals surface area (Å²) in [7, 11) is 1.69. The fourth-order valence-electron chi connectivity index (χ4n) is 1.58. The standard InChI is InChI=1S/C12H14N4O2/c1-16(7-11-13-8-14-15-11)12(18)6-9-4-2-3-5-10(9)17/h2-5,8,17H,6-7H2,1H3,(H,13,14,15). The summed E-state index contributed by atoms with van der Waals surface area (Å²) in [6.07, 6.45) is 1.56. The zero-order chi connectivity index (χ0) is 13.0. The highest BCUT2D eigenvalue weighted by molar-refractivity contribution is 5.79. The second-order valence-electron chi connectivity index (χ2n) is 3.99. The van der Waals surface area contributed by atoms with Crippen LogP contribution in [0.25, 0.3) is 0 Å². The predicted octanol–water partition coefficient (Wildman–Crippen LogP) is 0.711. The van der Waals surface area contributed by atoms with Gasteiger partial charge in [-0.15, -0.1) is 0 Å². The summed E-state index contributed by atoms with van der Waals surface area (Å²) in [5, 5.41) is 16.0. The summed E-state index contributed by atoms with van der Waals surface area (Å²) >= 11 is 0. The van der Waals surface area contributed by atoms with Crippen molar-refractivity contribution in [2.45, 2.75) is 13.0 Å². The molecule has 0 saturated carbocycles. The van der Waals surface area contributed by atoms with Crippen LogP contribution >= 0.6 is 0 Å². The molecule has 2 N–H and O–H groups in total. The van der Waals surface area contributed by atoms with Gasteiger partial charge >= 0.3 is 0 Å². The Labute approximate surface area is 104 Å². The van der Waals surface area contributed by atoms with Gasteiger partial charge in [-0.3, -0.25) is 9.89 Å². The van der Waals surface area contributed by atoms with Gasteiger partial charge < -0.3 is 10.0 Å². The Morgan fingerprint density at radius 2 is 2.22 bits per heavy atom. The molecule has 18 heavy (non-hydrogen) atoms. The number of H-pyrrole nitrogens is 1. The second-order valence-corrected chi connectivity index (χ2v) is 3.99. The number of aromatic nitrogens is 3. The molecule has 0 unspecified atom stereocenters. The van der Waals surface area contributed by atoms with Gasteiger partial charge in [-0.1, -0.05) is 18.2 Å². The fraction of sp³-hybridized carbons (Fsp3) is 0.250. The maximum atomic E-state index is 11.9. The number of nitrogens with zero attached hydrogens (tertiary/aromatic N) is 3. The molecule has 1 aromatic carbocycles. The van der Waals surface area contributed by atoms with Gasteiger partial charge in [-0.2, -0.15) is 5.10 Å². The van der Waals surface area contributed by atoms with Gasteiger partial charge in [0, 0.05) is 12.6 Å². The molecule has 0 aliphatic heterocycles. The molecular weight excluding hydrogens is 232 g/mol. The number of aromatic hydroxyl groups is 1. The van der Waals surface area contributed by atoms with Crippen LogP contribution in [0.5, 0.6) is 5.75 Å². The van der Waals surface area contributed by atoms with Crippen molar-refractivity contribution in [3.8, 4) is 5.75 Å². The average Bonchev–Trinajstić information content (AvgIpc) is 2.84. The van der Waals surface area contributed by atoms with Crippen LogP contribution in [0.2, 0.25) is 0 Å². The van der Waals surface area contributed by atoms with Crippen LogP contribution in [0, 0.1) is 0 Å². The summed E-state index contributed by atoms with van der Waals surface area (Å²) < 4.78 is 0. The van der Waals surface area contributed by atoms with Crippen molar-refractivity contribution in [3.05, 3.63) is 42.0 Å². The first-order chi connectivity index (χ1) is 8.66. The van der Waals surface area contributed by atoms with E-state index in [1.54, 1.807) is 31.3 Å². The molecule has 0 bridgehead atoms. The summed E-state index contributed by atoms with van der Waals surface area (Å²) in [5.74, 6) is 0.676. The monoisotopic (exact) mass is 246 g/mol. The van der Waals surface area contributed by atoms with Crippen molar-refractivity contribution in [1.29, 1.82) is 0 Å². The van der Waals surface area contributed by atoms with E-state index in [-0.39, 0.29) is 18.1 Å². The summed E-state index contributed by atoms with van der Waals surface area (Å²) in [4.78, 5) is 17.4. The average molecular weight is 246 g/mol. The van der Waals surface area contributed by atoms with Crippen molar-refractivity contribution < 1.29 is 9.90 Å². The van der Waals surface area contributed by atoms with Crippen LogP contribution in [0.1, 0.15) is 11.4 Å². The van der Waals surface area contributed by atoms with E-state index in [4.69, 9.17) is 0 Å². The van der Waals surface area contributed by atoms with E-state index < -0.39 is 0 Å². The number of aromatic amines is 1. The Morgan fingerprint density at radius 1 is 1.44 bits per heavy atom. The van der Waals surface area contributed by atoms with Crippen LogP contribution in [-0.4, -0.2) is 38.1 Å². The Balaban J connectivity index is 1.98. The maximum Gasteiger partial charge on any atom is 0.227 e. The number of rotatable bonds is 4. The van der Waals surface area contributed by atoms with Gasteiger partial charge in [-0.05, 0) is 6.07 Å². The minimum atomic E-state index is -0.0899. The molecule has 2 aromatic rings. The van der Waals surface area contributed by atoms with Gasteiger partial charge in [0.15, 0.2) is 0 Å². The Kier molecular flexibility index (Phi) is 3.57. The highest BCUT2D eigenvalue weighted by Crippen LogP contribution is 2.16. The van der Waals surface area contributed by atoms with Crippen molar-refractivity contribution in [3.63, 3.8) is 0 Å². The highest BCUT2D eigenvalue weighted by atomic mass is 16.3.